The summed E-state index contributed by atoms with van der Waals surface area (Å²) >= 11 is 0. The van der Waals surface area contributed by atoms with E-state index < -0.39 is 23.8 Å². The topological polar surface area (TPSA) is 117 Å². The van der Waals surface area contributed by atoms with Crippen molar-refractivity contribution >= 4 is 23.5 Å². The number of aryl methyl sites for hydroxylation is 1. The minimum atomic E-state index is -0.847. The van der Waals surface area contributed by atoms with Gasteiger partial charge in [-0.05, 0) is 68.8 Å². The third-order valence-corrected chi connectivity index (χ3v) is 10.1. The van der Waals surface area contributed by atoms with Gasteiger partial charge in [0.2, 0.25) is 11.8 Å². The lowest BCUT2D eigenvalue weighted by atomic mass is 9.77. The van der Waals surface area contributed by atoms with E-state index in [0.717, 1.165) is 32.2 Å². The molecule has 1 aliphatic heterocycles. The molecule has 46 heavy (non-hydrogen) atoms. The Morgan fingerprint density at radius 3 is 2.37 bits per heavy atom. The van der Waals surface area contributed by atoms with Gasteiger partial charge in [0.15, 0.2) is 5.78 Å². The van der Waals surface area contributed by atoms with Crippen LogP contribution in [0.15, 0.2) is 30.5 Å². The maximum absolute atomic E-state index is 15.7. The molecule has 4 atom stereocenters. The number of Topliss-reactive ketones (excluding diaryl/α,β-unsaturated/α-hetero) is 1. The molecule has 2 aliphatic rings. The molecular weight excluding hydrogens is 587 g/mol. The highest BCUT2D eigenvalue weighted by atomic mass is 19.1. The van der Waals surface area contributed by atoms with Gasteiger partial charge >= 0.3 is 0 Å². The number of likely N-dealkylation sites (N-methyl/N-ethyl adjacent to an activating group) is 1. The second-order valence-corrected chi connectivity index (χ2v) is 13.3. The van der Waals surface area contributed by atoms with Gasteiger partial charge < -0.3 is 20.4 Å². The van der Waals surface area contributed by atoms with Crippen molar-refractivity contribution in [1.82, 2.24) is 30.2 Å². The molecule has 0 unspecified atom stereocenters. The number of piperazine rings is 1. The van der Waals surface area contributed by atoms with E-state index in [1.54, 1.807) is 40.9 Å². The van der Waals surface area contributed by atoms with Crippen molar-refractivity contribution in [2.24, 2.45) is 11.8 Å². The van der Waals surface area contributed by atoms with Crippen LogP contribution in [-0.2, 0) is 27.3 Å². The molecule has 11 heteroatoms. The Labute approximate surface area is 272 Å². The molecule has 2 N–H and O–H groups in total. The zero-order valence-corrected chi connectivity index (χ0v) is 28.2. The number of hydrogen-bond acceptors (Lipinski definition) is 6. The van der Waals surface area contributed by atoms with Gasteiger partial charge in [-0.15, -0.1) is 0 Å². The number of hydrogen-bond donors (Lipinski definition) is 2. The smallest absolute Gasteiger partial charge is 0.270 e. The maximum Gasteiger partial charge on any atom is 0.270 e. The highest BCUT2D eigenvalue weighted by Crippen LogP contribution is 2.32. The number of carbonyl (C=O) groups excluding carboxylic acids is 4. The third kappa shape index (κ3) is 8.40. The molecule has 0 radical (unpaired) electrons. The van der Waals surface area contributed by atoms with Gasteiger partial charge in [0.05, 0.1) is 6.04 Å². The second-order valence-electron chi connectivity index (χ2n) is 13.3. The standard InChI is InChI=1S/C35H51FN6O4/c1-7-31(44)38-32(35(46)41-18-17-40(6)23(4)21-41)24(5)26-13-14-27(28(36)19-26)20-30(43)33(25-11-9-22(3)10-12-25)39-34(45)29-15-16-37-42(29)8-2/h13-16,19,22-25,32-33H,7-12,17-18,20-21H2,1-6H3,(H,38,44)(H,39,45)/t22?,23-,24-,25?,32+,33-/m0/s1. The number of benzene rings is 1. The zero-order valence-electron chi connectivity index (χ0n) is 28.2. The lowest BCUT2D eigenvalue weighted by Gasteiger charge is -2.40. The van der Waals surface area contributed by atoms with Crippen molar-refractivity contribution in [3.8, 4) is 0 Å². The first-order valence-corrected chi connectivity index (χ1v) is 16.8. The van der Waals surface area contributed by atoms with E-state index >= 15 is 4.39 Å². The number of halogens is 1. The number of rotatable bonds is 12. The Morgan fingerprint density at radius 2 is 1.74 bits per heavy atom. The lowest BCUT2D eigenvalue weighted by Crippen LogP contribution is -2.58. The molecule has 4 rings (SSSR count). The van der Waals surface area contributed by atoms with E-state index in [-0.39, 0.29) is 53.9 Å². The molecular formula is C35H51FN6O4. The van der Waals surface area contributed by atoms with E-state index in [2.05, 4.69) is 34.5 Å². The number of carbonyl (C=O) groups is 4. The number of aromatic nitrogens is 2. The molecule has 0 spiro atoms. The Balaban J connectivity index is 1.52. The summed E-state index contributed by atoms with van der Waals surface area (Å²) in [5.41, 5.74) is 1.18. The molecule has 1 aromatic carbocycles. The molecule has 0 bridgehead atoms. The van der Waals surface area contributed by atoms with E-state index in [1.165, 1.54) is 6.07 Å². The Kier molecular flexibility index (Phi) is 12.1. The average molecular weight is 639 g/mol. The van der Waals surface area contributed by atoms with Crippen LogP contribution in [0.4, 0.5) is 4.39 Å². The number of amides is 3. The summed E-state index contributed by atoms with van der Waals surface area (Å²) in [5.74, 6) is -1.54. The van der Waals surface area contributed by atoms with Crippen LogP contribution >= 0.6 is 0 Å². The second kappa shape index (κ2) is 15.8. The molecule has 1 saturated carbocycles. The fraction of sp³-hybridized carbons (Fsp3) is 0.629. The van der Waals surface area contributed by atoms with Crippen LogP contribution in [0, 0.1) is 17.7 Å². The fourth-order valence-corrected chi connectivity index (χ4v) is 6.67. The van der Waals surface area contributed by atoms with Crippen LogP contribution in [0.3, 0.4) is 0 Å². The summed E-state index contributed by atoms with van der Waals surface area (Å²) in [6, 6.07) is 4.92. The fourth-order valence-electron chi connectivity index (χ4n) is 6.67. The van der Waals surface area contributed by atoms with Crippen molar-refractivity contribution in [2.45, 2.75) is 104 Å². The highest BCUT2D eigenvalue weighted by molar-refractivity contribution is 5.97. The van der Waals surface area contributed by atoms with Crippen molar-refractivity contribution in [3.63, 3.8) is 0 Å². The molecule has 10 nitrogen and oxygen atoms in total. The summed E-state index contributed by atoms with van der Waals surface area (Å²) in [6.07, 6.45) is 5.19. The van der Waals surface area contributed by atoms with Gasteiger partial charge in [-0.2, -0.15) is 5.10 Å². The zero-order chi connectivity index (χ0) is 33.5. The van der Waals surface area contributed by atoms with Gasteiger partial charge in [0.1, 0.15) is 17.6 Å². The predicted molar refractivity (Wildman–Crippen MR) is 175 cm³/mol. The summed E-state index contributed by atoms with van der Waals surface area (Å²) in [4.78, 5) is 57.2. The van der Waals surface area contributed by atoms with Crippen LogP contribution in [0.2, 0.25) is 0 Å². The van der Waals surface area contributed by atoms with E-state index in [0.29, 0.717) is 36.8 Å². The van der Waals surface area contributed by atoms with Gasteiger partial charge in [-0.25, -0.2) is 4.39 Å². The average Bonchev–Trinajstić information content (AvgIpc) is 3.53. The first kappa shape index (κ1) is 35.3. The highest BCUT2D eigenvalue weighted by Gasteiger charge is 2.36. The largest absolute Gasteiger partial charge is 0.344 e. The van der Waals surface area contributed by atoms with Crippen molar-refractivity contribution in [2.75, 3.05) is 26.7 Å². The number of ketones is 1. The minimum Gasteiger partial charge on any atom is -0.344 e. The molecule has 2 aromatic rings. The number of nitrogens with zero attached hydrogens (tertiary/aromatic N) is 4. The summed E-state index contributed by atoms with van der Waals surface area (Å²) in [6.45, 7) is 12.0. The molecule has 1 saturated heterocycles. The van der Waals surface area contributed by atoms with E-state index in [9.17, 15) is 19.2 Å². The Hall–Kier alpha value is -3.60. The van der Waals surface area contributed by atoms with E-state index in [1.807, 2.05) is 20.9 Å². The first-order chi connectivity index (χ1) is 21.9. The van der Waals surface area contributed by atoms with Gasteiger partial charge in [-0.3, -0.25) is 23.9 Å². The SMILES string of the molecule is CCC(=O)N[C@@H](C(=O)N1CCN(C)[C@@H](C)C1)[C@@H](C)c1ccc(CC(=O)[C@@H](NC(=O)c2ccnn2CC)C2CCC(C)CC2)c(F)c1. The summed E-state index contributed by atoms with van der Waals surface area (Å²) < 4.78 is 17.3. The molecule has 1 aromatic heterocycles. The van der Waals surface area contributed by atoms with Gasteiger partial charge in [0, 0.05) is 57.2 Å². The lowest BCUT2D eigenvalue weighted by molar-refractivity contribution is -0.139. The quantitative estimate of drug-likeness (QED) is 0.364. The van der Waals surface area contributed by atoms with Crippen LogP contribution in [-0.4, -0.2) is 87.9 Å². The molecule has 2 fully saturated rings. The minimum absolute atomic E-state index is 0.0285. The van der Waals surface area contributed by atoms with Gasteiger partial charge in [-0.1, -0.05) is 45.7 Å². The van der Waals surface area contributed by atoms with Crippen LogP contribution in [0.5, 0.6) is 0 Å². The molecule has 252 valence electrons. The van der Waals surface area contributed by atoms with Crippen LogP contribution < -0.4 is 10.6 Å². The molecule has 3 amide bonds. The van der Waals surface area contributed by atoms with E-state index in [4.69, 9.17) is 0 Å². The maximum atomic E-state index is 15.7. The predicted octanol–water partition coefficient (Wildman–Crippen LogP) is 3.94. The van der Waals surface area contributed by atoms with Crippen molar-refractivity contribution in [1.29, 1.82) is 0 Å². The Morgan fingerprint density at radius 1 is 1.02 bits per heavy atom. The normalized spacial score (nSPS) is 22.5. The van der Waals surface area contributed by atoms with Crippen LogP contribution in [0.1, 0.15) is 94.3 Å². The third-order valence-electron chi connectivity index (χ3n) is 10.1. The summed E-state index contributed by atoms with van der Waals surface area (Å²) in [5, 5.41) is 10.0. The first-order valence-electron chi connectivity index (χ1n) is 16.8. The molecule has 2 heterocycles. The Bertz CT molecular complexity index is 1390. The number of nitrogens with one attached hydrogen (secondary N) is 2. The summed E-state index contributed by atoms with van der Waals surface area (Å²) in [7, 11) is 2.02. The monoisotopic (exact) mass is 638 g/mol. The van der Waals surface area contributed by atoms with Gasteiger partial charge in [0.25, 0.3) is 5.91 Å². The molecule has 1 aliphatic carbocycles. The van der Waals surface area contributed by atoms with Crippen molar-refractivity contribution < 1.29 is 23.6 Å². The van der Waals surface area contributed by atoms with Crippen molar-refractivity contribution in [3.05, 3.63) is 53.1 Å². The van der Waals surface area contributed by atoms with Crippen LogP contribution in [0.25, 0.3) is 0 Å².